The van der Waals surface area contributed by atoms with Crippen molar-refractivity contribution in [1.29, 1.82) is 0 Å². The van der Waals surface area contributed by atoms with Crippen molar-refractivity contribution in [3.05, 3.63) is 78.8 Å². The molecule has 0 amide bonds. The largest absolute Gasteiger partial charge is 0.490 e. The summed E-state index contributed by atoms with van der Waals surface area (Å²) < 4.78 is 12.0. The minimum Gasteiger partial charge on any atom is -0.490 e. The van der Waals surface area contributed by atoms with Gasteiger partial charge in [0, 0.05) is 18.3 Å². The fourth-order valence-electron chi connectivity index (χ4n) is 4.47. The molecule has 0 aliphatic carbocycles. The number of piperidine rings is 1. The highest BCUT2D eigenvalue weighted by Crippen LogP contribution is 2.30. The Morgan fingerprint density at radius 2 is 1.90 bits per heavy atom. The minimum absolute atomic E-state index is 0.000623. The smallest absolute Gasteiger partial charge is 0.307 e. The number of hydrogen-bond acceptors (Lipinski definition) is 9. The molecule has 0 spiro atoms. The Hall–Kier alpha value is -4.73. The van der Waals surface area contributed by atoms with Gasteiger partial charge in [0.2, 0.25) is 5.95 Å². The first kappa shape index (κ1) is 25.9. The van der Waals surface area contributed by atoms with Crippen LogP contribution in [0.3, 0.4) is 0 Å². The van der Waals surface area contributed by atoms with Crippen LogP contribution in [0.4, 0.5) is 17.6 Å². The maximum atomic E-state index is 10.9. The molecule has 1 atom stereocenters. The predicted molar refractivity (Wildman–Crippen MR) is 148 cm³/mol. The number of aliphatic carboxylic acids is 1. The van der Waals surface area contributed by atoms with Crippen LogP contribution in [-0.4, -0.2) is 56.8 Å². The maximum Gasteiger partial charge on any atom is 0.307 e. The molecule has 1 saturated heterocycles. The maximum absolute atomic E-state index is 10.9. The second-order valence-corrected chi connectivity index (χ2v) is 9.13. The van der Waals surface area contributed by atoms with Gasteiger partial charge in [0.15, 0.2) is 17.3 Å². The summed E-state index contributed by atoms with van der Waals surface area (Å²) in [6, 6.07) is 16.8. The summed E-state index contributed by atoms with van der Waals surface area (Å²) in [7, 11) is 0. The van der Waals surface area contributed by atoms with Crippen molar-refractivity contribution in [2.75, 3.05) is 29.9 Å². The number of carboxylic acids is 1. The van der Waals surface area contributed by atoms with Gasteiger partial charge < -0.3 is 24.8 Å². The van der Waals surface area contributed by atoms with Crippen LogP contribution < -0.4 is 19.7 Å². The minimum atomic E-state index is -0.862. The van der Waals surface area contributed by atoms with Gasteiger partial charge in [-0.3, -0.25) is 9.78 Å². The second-order valence-electron chi connectivity index (χ2n) is 9.13. The van der Waals surface area contributed by atoms with E-state index in [4.69, 9.17) is 19.6 Å². The van der Waals surface area contributed by atoms with E-state index >= 15 is 0 Å². The molecule has 1 fully saturated rings. The zero-order valence-electron chi connectivity index (χ0n) is 21.7. The van der Waals surface area contributed by atoms with Crippen LogP contribution in [0.15, 0.2) is 73.2 Å². The Kier molecular flexibility index (Phi) is 8.11. The molecule has 39 heavy (non-hydrogen) atoms. The van der Waals surface area contributed by atoms with Gasteiger partial charge in [-0.2, -0.15) is 0 Å². The number of carbonyl (C=O) groups is 1. The lowest BCUT2D eigenvalue weighted by atomic mass is 10.1. The molecule has 200 valence electrons. The van der Waals surface area contributed by atoms with E-state index in [2.05, 4.69) is 25.2 Å². The molecule has 10 heteroatoms. The second kappa shape index (κ2) is 12.2. The molecule has 0 saturated carbocycles. The SMILES string of the molecule is CCOc1ccccc1OC1CCCN(c2cncc(Nc3nccc(-c4ccc(CC(=O)O)cc4)n3)n2)C1. The Balaban J connectivity index is 1.26. The number of nitrogens with zero attached hydrogens (tertiary/aromatic N) is 5. The summed E-state index contributed by atoms with van der Waals surface area (Å²) in [6.45, 7) is 4.08. The summed E-state index contributed by atoms with van der Waals surface area (Å²) >= 11 is 0. The van der Waals surface area contributed by atoms with Gasteiger partial charge in [0.1, 0.15) is 11.9 Å². The van der Waals surface area contributed by atoms with E-state index in [1.807, 2.05) is 43.3 Å². The fourth-order valence-corrected chi connectivity index (χ4v) is 4.47. The zero-order valence-corrected chi connectivity index (χ0v) is 21.7. The lowest BCUT2D eigenvalue weighted by Crippen LogP contribution is -2.41. The standard InChI is InChI=1S/C29H30N6O4/c1-2-38-24-7-3-4-8-25(24)39-22-6-5-15-35(19-22)27-18-30-17-26(33-27)34-29-31-14-13-23(32-29)21-11-9-20(10-12-21)16-28(36)37/h3-4,7-14,17-18,22H,2,5-6,15-16,19H2,1H3,(H,36,37)(H,31,32,33,34). The molecule has 2 aromatic heterocycles. The lowest BCUT2D eigenvalue weighted by Gasteiger charge is -2.33. The summed E-state index contributed by atoms with van der Waals surface area (Å²) in [5.74, 6) is 2.31. The first-order valence-corrected chi connectivity index (χ1v) is 12.9. The molecule has 1 unspecified atom stereocenters. The molecule has 0 radical (unpaired) electrons. The van der Waals surface area contributed by atoms with Gasteiger partial charge in [-0.25, -0.2) is 15.0 Å². The molecule has 1 aliphatic heterocycles. The van der Waals surface area contributed by atoms with Crippen molar-refractivity contribution >= 4 is 23.6 Å². The van der Waals surface area contributed by atoms with Crippen molar-refractivity contribution in [2.45, 2.75) is 32.3 Å². The normalized spacial score (nSPS) is 15.0. The first-order valence-electron chi connectivity index (χ1n) is 12.9. The summed E-state index contributed by atoms with van der Waals surface area (Å²) in [6.07, 6.45) is 6.95. The molecule has 10 nitrogen and oxygen atoms in total. The highest BCUT2D eigenvalue weighted by molar-refractivity contribution is 5.71. The van der Waals surface area contributed by atoms with Gasteiger partial charge >= 0.3 is 5.97 Å². The van der Waals surface area contributed by atoms with Crippen LogP contribution in [0.2, 0.25) is 0 Å². The number of anilines is 3. The third kappa shape index (κ3) is 6.78. The van der Waals surface area contributed by atoms with Crippen LogP contribution >= 0.6 is 0 Å². The predicted octanol–water partition coefficient (Wildman–Crippen LogP) is 4.75. The number of nitrogens with one attached hydrogen (secondary N) is 1. The summed E-state index contributed by atoms with van der Waals surface area (Å²) in [5.41, 5.74) is 2.30. The number of ether oxygens (including phenoxy) is 2. The highest BCUT2D eigenvalue weighted by Gasteiger charge is 2.24. The van der Waals surface area contributed by atoms with Gasteiger partial charge in [-0.15, -0.1) is 0 Å². The third-order valence-electron chi connectivity index (χ3n) is 6.27. The Labute approximate surface area is 226 Å². The Morgan fingerprint density at radius 3 is 2.69 bits per heavy atom. The van der Waals surface area contributed by atoms with E-state index in [1.54, 1.807) is 36.8 Å². The van der Waals surface area contributed by atoms with Crippen molar-refractivity contribution in [3.8, 4) is 22.8 Å². The topological polar surface area (TPSA) is 123 Å². The molecule has 3 heterocycles. The third-order valence-corrected chi connectivity index (χ3v) is 6.27. The number of aromatic nitrogens is 4. The quantitative estimate of drug-likeness (QED) is 0.299. The lowest BCUT2D eigenvalue weighted by molar-refractivity contribution is -0.136. The monoisotopic (exact) mass is 526 g/mol. The molecular formula is C29H30N6O4. The molecule has 2 N–H and O–H groups in total. The number of para-hydroxylation sites is 2. The van der Waals surface area contributed by atoms with Crippen molar-refractivity contribution < 1.29 is 19.4 Å². The number of benzene rings is 2. The van der Waals surface area contributed by atoms with Crippen molar-refractivity contribution in [3.63, 3.8) is 0 Å². The summed E-state index contributed by atoms with van der Waals surface area (Å²) in [5, 5.41) is 12.1. The van der Waals surface area contributed by atoms with E-state index in [0.717, 1.165) is 47.8 Å². The van der Waals surface area contributed by atoms with Crippen molar-refractivity contribution in [2.24, 2.45) is 0 Å². The average Bonchev–Trinajstić information content (AvgIpc) is 2.95. The van der Waals surface area contributed by atoms with E-state index in [0.29, 0.717) is 30.6 Å². The fraction of sp³-hybridized carbons (Fsp3) is 0.276. The van der Waals surface area contributed by atoms with Gasteiger partial charge in [0.05, 0.1) is 37.7 Å². The van der Waals surface area contributed by atoms with E-state index in [-0.39, 0.29) is 12.5 Å². The van der Waals surface area contributed by atoms with Crippen molar-refractivity contribution in [1.82, 2.24) is 19.9 Å². The number of hydrogen-bond donors (Lipinski definition) is 2. The van der Waals surface area contributed by atoms with Gasteiger partial charge in [0.25, 0.3) is 0 Å². The molecular weight excluding hydrogens is 496 g/mol. The van der Waals surface area contributed by atoms with Crippen LogP contribution in [-0.2, 0) is 11.2 Å². The van der Waals surface area contributed by atoms with E-state index < -0.39 is 5.97 Å². The Morgan fingerprint density at radius 1 is 1.08 bits per heavy atom. The number of rotatable bonds is 10. The van der Waals surface area contributed by atoms with E-state index in [1.165, 1.54) is 0 Å². The molecule has 4 aromatic rings. The highest BCUT2D eigenvalue weighted by atomic mass is 16.5. The van der Waals surface area contributed by atoms with Gasteiger partial charge in [-0.1, -0.05) is 36.4 Å². The molecule has 0 bridgehead atoms. The van der Waals surface area contributed by atoms with Crippen LogP contribution in [0.1, 0.15) is 25.3 Å². The first-order chi connectivity index (χ1) is 19.1. The van der Waals surface area contributed by atoms with Crippen LogP contribution in [0.25, 0.3) is 11.3 Å². The van der Waals surface area contributed by atoms with Gasteiger partial charge in [-0.05, 0) is 43.5 Å². The van der Waals surface area contributed by atoms with Crippen LogP contribution in [0, 0.1) is 0 Å². The van der Waals surface area contributed by atoms with Crippen LogP contribution in [0.5, 0.6) is 11.5 Å². The zero-order chi connectivity index (χ0) is 27.0. The molecule has 2 aromatic carbocycles. The van der Waals surface area contributed by atoms with E-state index in [9.17, 15) is 4.79 Å². The number of carboxylic acid groups (broad SMARTS) is 1. The summed E-state index contributed by atoms with van der Waals surface area (Å²) in [4.78, 5) is 31.2. The average molecular weight is 527 g/mol. The Bertz CT molecular complexity index is 1420. The molecule has 5 rings (SSSR count). The molecule has 1 aliphatic rings.